The number of aromatic amines is 1. The van der Waals surface area contributed by atoms with E-state index in [0.717, 1.165) is 49.7 Å². The molecule has 8 nitrogen and oxygen atoms in total. The highest BCUT2D eigenvalue weighted by molar-refractivity contribution is 5.46. The van der Waals surface area contributed by atoms with Crippen LogP contribution in [0.5, 0.6) is 11.5 Å². The first-order valence-electron chi connectivity index (χ1n) is 10.6. The Morgan fingerprint density at radius 1 is 1.23 bits per heavy atom. The summed E-state index contributed by atoms with van der Waals surface area (Å²) < 4.78 is 11.1. The van der Waals surface area contributed by atoms with Gasteiger partial charge in [0.05, 0.1) is 25.6 Å². The molecule has 1 aliphatic rings. The Labute approximate surface area is 181 Å². The van der Waals surface area contributed by atoms with Crippen molar-refractivity contribution in [1.29, 1.82) is 0 Å². The number of nitrogens with one attached hydrogen (secondary N) is 1. The van der Waals surface area contributed by atoms with Gasteiger partial charge in [-0.1, -0.05) is 6.07 Å². The number of methoxy groups -OCH3 is 1. The molecule has 0 bridgehead atoms. The number of ether oxygens (including phenoxy) is 2. The Morgan fingerprint density at radius 2 is 2.13 bits per heavy atom. The van der Waals surface area contributed by atoms with Crippen molar-refractivity contribution in [3.05, 3.63) is 64.5 Å². The van der Waals surface area contributed by atoms with Gasteiger partial charge in [-0.15, -0.1) is 0 Å². The first-order chi connectivity index (χ1) is 15.2. The molecule has 1 fully saturated rings. The van der Waals surface area contributed by atoms with E-state index in [0.29, 0.717) is 18.1 Å². The largest absolute Gasteiger partial charge is 0.493 e. The van der Waals surface area contributed by atoms with E-state index in [1.54, 1.807) is 31.8 Å². The molecule has 31 heavy (non-hydrogen) atoms. The number of piperidine rings is 1. The predicted octanol–water partition coefficient (Wildman–Crippen LogP) is 3.01. The SMILES string of the molecule is CCOc1ccc(CN2CCCC(c3cc(=O)[nH]c(-c4cnccn4)n3)C2)cc1OC. The molecule has 0 radical (unpaired) electrons. The molecule has 1 aliphatic heterocycles. The van der Waals surface area contributed by atoms with E-state index >= 15 is 0 Å². The van der Waals surface area contributed by atoms with Gasteiger partial charge in [-0.3, -0.25) is 14.7 Å². The zero-order valence-corrected chi connectivity index (χ0v) is 17.9. The fourth-order valence-electron chi connectivity index (χ4n) is 4.01. The fourth-order valence-corrected chi connectivity index (χ4v) is 4.01. The summed E-state index contributed by atoms with van der Waals surface area (Å²) in [7, 11) is 1.66. The topological polar surface area (TPSA) is 93.2 Å². The predicted molar refractivity (Wildman–Crippen MR) is 117 cm³/mol. The smallest absolute Gasteiger partial charge is 0.251 e. The lowest BCUT2D eigenvalue weighted by Gasteiger charge is -2.32. The van der Waals surface area contributed by atoms with Crippen LogP contribution in [0.15, 0.2) is 47.7 Å². The molecule has 1 aromatic carbocycles. The number of nitrogens with zero attached hydrogens (tertiary/aromatic N) is 4. The average Bonchev–Trinajstić information content (AvgIpc) is 2.80. The van der Waals surface area contributed by atoms with Gasteiger partial charge in [0.15, 0.2) is 17.3 Å². The molecule has 1 unspecified atom stereocenters. The lowest BCUT2D eigenvalue weighted by molar-refractivity contribution is 0.198. The Hall–Kier alpha value is -3.26. The third kappa shape index (κ3) is 5.08. The molecule has 0 aliphatic carbocycles. The first-order valence-corrected chi connectivity index (χ1v) is 10.6. The van der Waals surface area contributed by atoms with Crippen LogP contribution in [-0.2, 0) is 6.54 Å². The van der Waals surface area contributed by atoms with Crippen LogP contribution < -0.4 is 15.0 Å². The second-order valence-corrected chi connectivity index (χ2v) is 7.60. The molecule has 1 N–H and O–H groups in total. The van der Waals surface area contributed by atoms with Gasteiger partial charge in [-0.25, -0.2) is 9.97 Å². The summed E-state index contributed by atoms with van der Waals surface area (Å²) in [5.74, 6) is 2.16. The van der Waals surface area contributed by atoms with Gasteiger partial charge in [0.2, 0.25) is 0 Å². The van der Waals surface area contributed by atoms with Gasteiger partial charge in [-0.05, 0) is 44.0 Å². The van der Waals surface area contributed by atoms with Gasteiger partial charge in [0, 0.05) is 37.5 Å². The molecule has 0 amide bonds. The standard InChI is InChI=1S/C23H27N5O3/c1-3-31-20-7-6-16(11-21(20)30-2)14-28-10-4-5-17(15-28)18-12-22(29)27-23(26-18)19-13-24-8-9-25-19/h6-9,11-13,17H,3-5,10,14-15H2,1-2H3,(H,26,27,29). The van der Waals surface area contributed by atoms with Crippen molar-refractivity contribution >= 4 is 0 Å². The normalized spacial score (nSPS) is 16.8. The van der Waals surface area contributed by atoms with E-state index in [1.165, 1.54) is 5.56 Å². The highest BCUT2D eigenvalue weighted by atomic mass is 16.5. The second-order valence-electron chi connectivity index (χ2n) is 7.60. The molecule has 162 valence electrons. The van der Waals surface area contributed by atoms with Crippen molar-refractivity contribution in [2.45, 2.75) is 32.2 Å². The van der Waals surface area contributed by atoms with Crippen molar-refractivity contribution in [1.82, 2.24) is 24.8 Å². The summed E-state index contributed by atoms with van der Waals surface area (Å²) in [4.78, 5) is 30.5. The van der Waals surface area contributed by atoms with Crippen molar-refractivity contribution in [2.24, 2.45) is 0 Å². The Morgan fingerprint density at radius 3 is 2.90 bits per heavy atom. The van der Waals surface area contributed by atoms with Crippen LogP contribution in [0.4, 0.5) is 0 Å². The number of benzene rings is 1. The quantitative estimate of drug-likeness (QED) is 0.627. The maximum absolute atomic E-state index is 12.3. The number of aromatic nitrogens is 4. The Kier molecular flexibility index (Phi) is 6.57. The number of likely N-dealkylation sites (tertiary alicyclic amines) is 1. The van der Waals surface area contributed by atoms with Crippen LogP contribution in [0.25, 0.3) is 11.5 Å². The summed E-state index contributed by atoms with van der Waals surface area (Å²) in [6, 6.07) is 7.68. The van der Waals surface area contributed by atoms with E-state index < -0.39 is 0 Å². The lowest BCUT2D eigenvalue weighted by atomic mass is 9.94. The highest BCUT2D eigenvalue weighted by Gasteiger charge is 2.24. The van der Waals surface area contributed by atoms with Crippen LogP contribution in [0.2, 0.25) is 0 Å². The summed E-state index contributed by atoms with van der Waals surface area (Å²) in [6.07, 6.45) is 6.84. The number of H-pyrrole nitrogens is 1. The minimum Gasteiger partial charge on any atom is -0.493 e. The third-order valence-corrected chi connectivity index (χ3v) is 5.43. The number of hydrogen-bond donors (Lipinski definition) is 1. The van der Waals surface area contributed by atoms with E-state index in [1.807, 2.05) is 19.1 Å². The minimum atomic E-state index is -0.168. The maximum Gasteiger partial charge on any atom is 0.251 e. The second kappa shape index (κ2) is 9.70. The Balaban J connectivity index is 1.50. The summed E-state index contributed by atoms with van der Waals surface area (Å²) >= 11 is 0. The fraction of sp³-hybridized carbons (Fsp3) is 0.391. The third-order valence-electron chi connectivity index (χ3n) is 5.43. The zero-order chi connectivity index (χ0) is 21.6. The number of rotatable bonds is 7. The molecule has 3 aromatic rings. The average molecular weight is 422 g/mol. The van der Waals surface area contributed by atoms with Gasteiger partial charge in [0.1, 0.15) is 5.69 Å². The zero-order valence-electron chi connectivity index (χ0n) is 17.9. The van der Waals surface area contributed by atoms with Crippen LogP contribution in [0.3, 0.4) is 0 Å². The lowest BCUT2D eigenvalue weighted by Crippen LogP contribution is -2.34. The van der Waals surface area contributed by atoms with Gasteiger partial charge in [-0.2, -0.15) is 0 Å². The molecule has 0 spiro atoms. The first kappa shape index (κ1) is 21.0. The molecule has 8 heteroatoms. The van der Waals surface area contributed by atoms with Crippen LogP contribution in [-0.4, -0.2) is 51.6 Å². The summed E-state index contributed by atoms with van der Waals surface area (Å²) in [6.45, 7) is 5.21. The molecule has 1 saturated heterocycles. The molecule has 4 rings (SSSR count). The minimum absolute atomic E-state index is 0.168. The summed E-state index contributed by atoms with van der Waals surface area (Å²) in [5, 5.41) is 0. The molecule has 3 heterocycles. The van der Waals surface area contributed by atoms with Crippen molar-refractivity contribution < 1.29 is 9.47 Å². The Bertz CT molecular complexity index is 1070. The van der Waals surface area contributed by atoms with Crippen LogP contribution in [0.1, 0.15) is 36.9 Å². The molecule has 0 saturated carbocycles. The maximum atomic E-state index is 12.3. The summed E-state index contributed by atoms with van der Waals surface area (Å²) in [5.41, 5.74) is 2.37. The van der Waals surface area contributed by atoms with Crippen molar-refractivity contribution in [2.75, 3.05) is 26.8 Å². The van der Waals surface area contributed by atoms with Gasteiger partial charge < -0.3 is 14.5 Å². The monoisotopic (exact) mass is 421 g/mol. The van der Waals surface area contributed by atoms with E-state index in [4.69, 9.17) is 14.5 Å². The van der Waals surface area contributed by atoms with Crippen molar-refractivity contribution in [3.63, 3.8) is 0 Å². The van der Waals surface area contributed by atoms with Gasteiger partial charge >= 0.3 is 0 Å². The van der Waals surface area contributed by atoms with E-state index in [-0.39, 0.29) is 11.5 Å². The van der Waals surface area contributed by atoms with E-state index in [2.05, 4.69) is 25.9 Å². The molecule has 1 atom stereocenters. The molecule has 2 aromatic heterocycles. The van der Waals surface area contributed by atoms with Crippen molar-refractivity contribution in [3.8, 4) is 23.0 Å². The molecular weight excluding hydrogens is 394 g/mol. The van der Waals surface area contributed by atoms with Gasteiger partial charge in [0.25, 0.3) is 5.56 Å². The number of hydrogen-bond acceptors (Lipinski definition) is 7. The van der Waals surface area contributed by atoms with E-state index in [9.17, 15) is 4.79 Å². The highest BCUT2D eigenvalue weighted by Crippen LogP contribution is 2.30. The van der Waals surface area contributed by atoms with Crippen LogP contribution >= 0.6 is 0 Å². The molecular formula is C23H27N5O3. The van der Waals surface area contributed by atoms with Crippen LogP contribution in [0, 0.1) is 0 Å².